The van der Waals surface area contributed by atoms with E-state index in [1.165, 1.54) is 44.2 Å². The van der Waals surface area contributed by atoms with E-state index in [9.17, 15) is 4.39 Å². The first-order valence-electron chi connectivity index (χ1n) is 11.5. The minimum Gasteiger partial charge on any atom is -0.396 e. The van der Waals surface area contributed by atoms with E-state index in [4.69, 9.17) is 20.4 Å². The second kappa shape index (κ2) is 23.9. The summed E-state index contributed by atoms with van der Waals surface area (Å²) >= 11 is 0. The van der Waals surface area contributed by atoms with Gasteiger partial charge in [0.2, 0.25) is 0 Å². The zero-order valence-corrected chi connectivity index (χ0v) is 20.0. The Balaban J connectivity index is -0.000000398. The molecule has 1 aromatic carbocycles. The number of hydrogen-bond acceptors (Lipinski definition) is 7. The van der Waals surface area contributed by atoms with Crippen LogP contribution in [0.25, 0.3) is 0 Å². The van der Waals surface area contributed by atoms with E-state index in [0.717, 1.165) is 25.0 Å². The summed E-state index contributed by atoms with van der Waals surface area (Å²) in [5.41, 5.74) is 13.9. The third kappa shape index (κ3) is 18.8. The molecule has 0 spiro atoms. The van der Waals surface area contributed by atoms with Gasteiger partial charge in [0, 0.05) is 19.3 Å². The Morgan fingerprint density at radius 1 is 1.15 bits per heavy atom. The maximum absolute atomic E-state index is 12.6. The molecule has 8 heteroatoms. The van der Waals surface area contributed by atoms with Crippen molar-refractivity contribution in [2.24, 2.45) is 11.7 Å². The third-order valence-corrected chi connectivity index (χ3v) is 4.98. The summed E-state index contributed by atoms with van der Waals surface area (Å²) in [7, 11) is 1.69. The summed E-state index contributed by atoms with van der Waals surface area (Å²) in [5.74, 6) is 0.796. The molecule has 0 amide bonds. The van der Waals surface area contributed by atoms with Crippen molar-refractivity contribution in [3.63, 3.8) is 0 Å². The van der Waals surface area contributed by atoms with Gasteiger partial charge in [-0.3, -0.25) is 0 Å². The van der Waals surface area contributed by atoms with Gasteiger partial charge in [0.15, 0.2) is 5.75 Å². The molecule has 2 atom stereocenters. The van der Waals surface area contributed by atoms with Crippen molar-refractivity contribution in [1.82, 2.24) is 16.5 Å². The second-order valence-electron chi connectivity index (χ2n) is 7.64. The molecule has 1 aliphatic heterocycles. The lowest BCUT2D eigenvalue weighted by Crippen LogP contribution is -2.42. The zero-order chi connectivity index (χ0) is 23.5. The van der Waals surface area contributed by atoms with Gasteiger partial charge in [0.25, 0.3) is 0 Å². The molecule has 0 aromatic heterocycles. The Hall–Kier alpha value is -1.29. The van der Waals surface area contributed by atoms with Crippen LogP contribution in [-0.4, -0.2) is 37.5 Å². The maximum Gasteiger partial charge on any atom is 0.152 e. The molecule has 0 radical (unpaired) electrons. The van der Waals surface area contributed by atoms with Crippen LogP contribution in [0.4, 0.5) is 4.39 Å². The highest BCUT2D eigenvalue weighted by Gasteiger charge is 2.17. The van der Waals surface area contributed by atoms with E-state index in [1.54, 1.807) is 20.0 Å². The number of hydrazine groups is 2. The molecular formula is C25H53FN4O3. The largest absolute Gasteiger partial charge is 0.396 e. The summed E-state index contributed by atoms with van der Waals surface area (Å²) in [5, 5.41) is 8.75. The lowest BCUT2D eigenvalue weighted by molar-refractivity contribution is -0.0106. The lowest BCUT2D eigenvalue weighted by Gasteiger charge is -2.25. The maximum atomic E-state index is 12.6. The summed E-state index contributed by atoms with van der Waals surface area (Å²) in [6, 6.07) is 4.82. The molecule has 1 aliphatic carbocycles. The quantitative estimate of drug-likeness (QED) is 0.300. The fourth-order valence-corrected chi connectivity index (χ4v) is 3.25. The number of aryl methyl sites for hydroxylation is 1. The van der Waals surface area contributed by atoms with Crippen LogP contribution in [-0.2, 0) is 4.74 Å². The Bertz CT molecular complexity index is 546. The highest BCUT2D eigenvalue weighted by molar-refractivity contribution is 5.32. The Morgan fingerprint density at radius 3 is 2.21 bits per heavy atom. The van der Waals surface area contributed by atoms with Gasteiger partial charge in [-0.05, 0) is 76.3 Å². The van der Waals surface area contributed by atoms with Gasteiger partial charge >= 0.3 is 0 Å². The van der Waals surface area contributed by atoms with Crippen LogP contribution >= 0.6 is 0 Å². The van der Waals surface area contributed by atoms with Crippen LogP contribution in [0.2, 0.25) is 0 Å². The van der Waals surface area contributed by atoms with E-state index in [-0.39, 0.29) is 20.7 Å². The molecule has 2 fully saturated rings. The van der Waals surface area contributed by atoms with Crippen molar-refractivity contribution in [2.75, 3.05) is 20.3 Å². The van der Waals surface area contributed by atoms with Crippen LogP contribution in [0, 0.1) is 18.7 Å². The number of rotatable bonds is 5. The van der Waals surface area contributed by atoms with Crippen LogP contribution in [0.5, 0.6) is 5.75 Å². The average molecular weight is 477 g/mol. The van der Waals surface area contributed by atoms with E-state index in [2.05, 4.69) is 23.5 Å². The zero-order valence-electron chi connectivity index (χ0n) is 20.0. The van der Waals surface area contributed by atoms with Gasteiger partial charge in [0.1, 0.15) is 5.82 Å². The van der Waals surface area contributed by atoms with Gasteiger partial charge in [-0.2, -0.15) is 5.53 Å². The predicted molar refractivity (Wildman–Crippen MR) is 138 cm³/mol. The van der Waals surface area contributed by atoms with Crippen molar-refractivity contribution in [3.8, 4) is 5.75 Å². The van der Waals surface area contributed by atoms with Gasteiger partial charge in [-0.15, -0.1) is 0 Å². The van der Waals surface area contributed by atoms with Crippen molar-refractivity contribution in [1.29, 1.82) is 0 Å². The Labute approximate surface area is 202 Å². The molecule has 1 heterocycles. The third-order valence-electron chi connectivity index (χ3n) is 4.98. The number of benzene rings is 1. The summed E-state index contributed by atoms with van der Waals surface area (Å²) in [6.45, 7) is 8.97. The van der Waals surface area contributed by atoms with E-state index in [0.29, 0.717) is 30.4 Å². The normalized spacial score (nSPS) is 19.5. The summed E-state index contributed by atoms with van der Waals surface area (Å²) < 4.78 is 17.9. The van der Waals surface area contributed by atoms with Crippen molar-refractivity contribution >= 4 is 0 Å². The summed E-state index contributed by atoms with van der Waals surface area (Å²) in [4.78, 5) is 5.04. The van der Waals surface area contributed by atoms with E-state index < -0.39 is 0 Å². The van der Waals surface area contributed by atoms with Gasteiger partial charge < -0.3 is 20.4 Å². The number of hydrogen-bond donors (Lipinski definition) is 5. The highest BCUT2D eigenvalue weighted by atomic mass is 19.1. The fourth-order valence-electron chi connectivity index (χ4n) is 3.25. The van der Waals surface area contributed by atoms with Gasteiger partial charge in [0.05, 0.1) is 6.10 Å². The van der Waals surface area contributed by atoms with Crippen LogP contribution in [0.1, 0.15) is 86.1 Å². The number of halogens is 1. The predicted octanol–water partition coefficient (Wildman–Crippen LogP) is 5.03. The molecule has 6 N–H and O–H groups in total. The SMILES string of the molecule is C.C.CC.CC1C[C@H](CO)CCO1.CNNNOc1ccc(F)cc1C.NC1CCCCC1. The second-order valence-corrected chi connectivity index (χ2v) is 7.64. The molecule has 2 aliphatic rings. The number of aliphatic hydroxyl groups excluding tert-OH is 1. The molecule has 33 heavy (non-hydrogen) atoms. The molecule has 0 bridgehead atoms. The van der Waals surface area contributed by atoms with Crippen molar-refractivity contribution < 1.29 is 19.1 Å². The highest BCUT2D eigenvalue weighted by Crippen LogP contribution is 2.18. The Morgan fingerprint density at radius 2 is 1.79 bits per heavy atom. The van der Waals surface area contributed by atoms with Gasteiger partial charge in [-0.25, -0.2) is 9.82 Å². The molecule has 1 saturated heterocycles. The molecule has 198 valence electrons. The first kappa shape index (κ1) is 36.3. The average Bonchev–Trinajstić information content (AvgIpc) is 2.78. The minimum atomic E-state index is -0.272. The Kier molecular flexibility index (Phi) is 26.2. The van der Waals surface area contributed by atoms with Gasteiger partial charge in [-0.1, -0.05) is 53.6 Å². The minimum absolute atomic E-state index is 0. The molecule has 3 rings (SSSR count). The number of nitrogens with one attached hydrogen (secondary N) is 3. The van der Waals surface area contributed by atoms with Crippen LogP contribution in [0.3, 0.4) is 0 Å². The standard InChI is InChI=1S/C8H12FN3O.C7H14O2.C6H13N.C2H6.2CH4/c1-6-5-7(9)3-4-8(6)13-12-11-10-2;1-6-4-7(5-8)2-3-9-6;7-6-4-2-1-3-5-6;1-2;;/h3-5,10-12H,1-2H3;6-8H,2-5H2,1H3;6H,1-5,7H2;1-2H3;2*1H4/t;6?,7-;;;;/m.1..../s1. The number of aliphatic hydroxyl groups is 1. The summed E-state index contributed by atoms with van der Waals surface area (Å²) in [6.07, 6.45) is 9.07. The monoisotopic (exact) mass is 476 g/mol. The fraction of sp³-hybridized carbons (Fsp3) is 0.760. The number of ether oxygens (including phenoxy) is 1. The molecule has 7 nitrogen and oxygen atoms in total. The molecule has 1 unspecified atom stereocenters. The lowest BCUT2D eigenvalue weighted by atomic mass is 9.97. The van der Waals surface area contributed by atoms with E-state index >= 15 is 0 Å². The molecule has 1 aromatic rings. The first-order chi connectivity index (χ1) is 15.0. The van der Waals surface area contributed by atoms with Crippen LogP contribution in [0.15, 0.2) is 18.2 Å². The smallest absolute Gasteiger partial charge is 0.152 e. The topological polar surface area (TPSA) is 101 Å². The molecular weight excluding hydrogens is 423 g/mol. The molecule has 1 saturated carbocycles. The van der Waals surface area contributed by atoms with Crippen molar-refractivity contribution in [3.05, 3.63) is 29.6 Å². The van der Waals surface area contributed by atoms with Crippen molar-refractivity contribution in [2.45, 2.75) is 99.6 Å². The van der Waals surface area contributed by atoms with E-state index in [1.807, 2.05) is 13.8 Å². The number of nitrogens with two attached hydrogens (primary N) is 1. The first-order valence-corrected chi connectivity index (χ1v) is 11.5. The van der Waals surface area contributed by atoms with Crippen LogP contribution < -0.4 is 27.1 Å².